The molecule has 0 atom stereocenters. The molecular formula is C19H24N2O6. The van der Waals surface area contributed by atoms with Crippen LogP contribution in [0, 0.1) is 0 Å². The monoisotopic (exact) mass is 376 g/mol. The number of nitrogens with one attached hydrogen (secondary N) is 2. The Morgan fingerprint density at radius 3 is 2.56 bits per heavy atom. The number of ether oxygens (including phenoxy) is 3. The van der Waals surface area contributed by atoms with Crippen LogP contribution in [0.2, 0.25) is 0 Å². The van der Waals surface area contributed by atoms with Gasteiger partial charge in [0.15, 0.2) is 18.1 Å². The fourth-order valence-electron chi connectivity index (χ4n) is 2.74. The van der Waals surface area contributed by atoms with Crippen molar-refractivity contribution in [1.82, 2.24) is 10.6 Å². The Morgan fingerprint density at radius 2 is 1.89 bits per heavy atom. The average molecular weight is 376 g/mol. The van der Waals surface area contributed by atoms with Crippen LogP contribution in [0.5, 0.6) is 11.5 Å². The van der Waals surface area contributed by atoms with Crippen molar-refractivity contribution in [3.63, 3.8) is 0 Å². The number of imide groups is 1. The molecular weight excluding hydrogens is 352 g/mol. The summed E-state index contributed by atoms with van der Waals surface area (Å²) in [6.45, 7) is -0.328. The van der Waals surface area contributed by atoms with Crippen molar-refractivity contribution in [1.29, 1.82) is 0 Å². The molecule has 0 aliphatic heterocycles. The van der Waals surface area contributed by atoms with Gasteiger partial charge < -0.3 is 19.5 Å². The summed E-state index contributed by atoms with van der Waals surface area (Å²) in [7, 11) is 2.76. The van der Waals surface area contributed by atoms with Crippen molar-refractivity contribution < 1.29 is 28.6 Å². The van der Waals surface area contributed by atoms with E-state index in [4.69, 9.17) is 9.47 Å². The van der Waals surface area contributed by atoms with E-state index in [1.54, 1.807) is 24.3 Å². The smallest absolute Gasteiger partial charge is 0.330 e. The zero-order valence-corrected chi connectivity index (χ0v) is 15.4. The van der Waals surface area contributed by atoms with Crippen LogP contribution in [-0.2, 0) is 14.3 Å². The lowest BCUT2D eigenvalue weighted by atomic mass is 10.2. The maximum atomic E-state index is 11.9. The number of benzene rings is 1. The maximum Gasteiger partial charge on any atom is 0.330 e. The molecule has 27 heavy (non-hydrogen) atoms. The van der Waals surface area contributed by atoms with E-state index in [0.29, 0.717) is 17.1 Å². The Kier molecular flexibility index (Phi) is 7.66. The van der Waals surface area contributed by atoms with Crippen molar-refractivity contribution in [2.24, 2.45) is 0 Å². The zero-order chi connectivity index (χ0) is 19.6. The third-order valence-electron chi connectivity index (χ3n) is 4.10. The van der Waals surface area contributed by atoms with E-state index < -0.39 is 17.9 Å². The van der Waals surface area contributed by atoms with Gasteiger partial charge in [0.2, 0.25) is 0 Å². The summed E-state index contributed by atoms with van der Waals surface area (Å²) in [4.78, 5) is 34.8. The van der Waals surface area contributed by atoms with Gasteiger partial charge in [0.05, 0.1) is 14.2 Å². The largest absolute Gasteiger partial charge is 0.493 e. The van der Waals surface area contributed by atoms with E-state index >= 15 is 0 Å². The summed E-state index contributed by atoms with van der Waals surface area (Å²) in [6, 6.07) is 4.58. The Balaban J connectivity index is 1.86. The van der Waals surface area contributed by atoms with Gasteiger partial charge in [0.1, 0.15) is 0 Å². The van der Waals surface area contributed by atoms with Gasteiger partial charge in [0.25, 0.3) is 5.91 Å². The van der Waals surface area contributed by atoms with Gasteiger partial charge >= 0.3 is 12.0 Å². The molecule has 1 aromatic carbocycles. The Labute approximate surface area is 157 Å². The number of hydrogen-bond acceptors (Lipinski definition) is 6. The van der Waals surface area contributed by atoms with Crippen LogP contribution in [0.4, 0.5) is 4.79 Å². The Morgan fingerprint density at radius 1 is 1.15 bits per heavy atom. The van der Waals surface area contributed by atoms with Gasteiger partial charge in [-0.25, -0.2) is 9.59 Å². The Bertz CT molecular complexity index is 710. The molecule has 0 aromatic heterocycles. The summed E-state index contributed by atoms with van der Waals surface area (Å²) in [5.74, 6) is -0.284. The molecule has 0 saturated heterocycles. The highest BCUT2D eigenvalue weighted by Gasteiger charge is 2.18. The molecule has 0 radical (unpaired) electrons. The summed E-state index contributed by atoms with van der Waals surface area (Å²) >= 11 is 0. The standard InChI is InChI=1S/C19H24N2O6/c1-25-16-11-13(8-10-18(23)26-2)7-9-15(16)27-12-17(22)21-19(24)20-14-5-3-4-6-14/h7-11,14H,3-6,12H2,1-2H3,(H2,20,21,22,24)/b10-8+. The molecule has 146 valence electrons. The highest BCUT2D eigenvalue weighted by atomic mass is 16.5. The van der Waals surface area contributed by atoms with Crippen molar-refractivity contribution in [3.8, 4) is 11.5 Å². The SMILES string of the molecule is COC(=O)/C=C/c1ccc(OCC(=O)NC(=O)NC2CCCC2)c(OC)c1. The zero-order valence-electron chi connectivity index (χ0n) is 15.4. The third-order valence-corrected chi connectivity index (χ3v) is 4.10. The number of amides is 3. The topological polar surface area (TPSA) is 103 Å². The fraction of sp³-hybridized carbons (Fsp3) is 0.421. The molecule has 1 fully saturated rings. The maximum absolute atomic E-state index is 11.9. The average Bonchev–Trinajstić information content (AvgIpc) is 3.17. The second-order valence-corrected chi connectivity index (χ2v) is 6.06. The minimum atomic E-state index is -0.554. The lowest BCUT2D eigenvalue weighted by molar-refractivity contribution is -0.134. The van der Waals surface area contributed by atoms with Gasteiger partial charge in [-0.1, -0.05) is 18.9 Å². The predicted molar refractivity (Wildman–Crippen MR) is 98.5 cm³/mol. The summed E-state index contributed by atoms with van der Waals surface area (Å²) in [6.07, 6.45) is 6.90. The van der Waals surface area contributed by atoms with E-state index in [1.807, 2.05) is 0 Å². The highest BCUT2D eigenvalue weighted by Crippen LogP contribution is 2.28. The lowest BCUT2D eigenvalue weighted by Crippen LogP contribution is -2.45. The third kappa shape index (κ3) is 6.65. The van der Waals surface area contributed by atoms with E-state index in [2.05, 4.69) is 15.4 Å². The van der Waals surface area contributed by atoms with Crippen LogP contribution in [0.1, 0.15) is 31.2 Å². The molecule has 0 unspecified atom stereocenters. The highest BCUT2D eigenvalue weighted by molar-refractivity contribution is 5.95. The number of rotatable bonds is 7. The number of carbonyl (C=O) groups excluding carboxylic acids is 3. The number of esters is 1. The minimum absolute atomic E-state index is 0.129. The van der Waals surface area contributed by atoms with Gasteiger partial charge in [-0.3, -0.25) is 10.1 Å². The van der Waals surface area contributed by atoms with Crippen molar-refractivity contribution in [2.75, 3.05) is 20.8 Å². The quantitative estimate of drug-likeness (QED) is 0.558. The second kappa shape index (κ2) is 10.2. The van der Waals surface area contributed by atoms with Crippen molar-refractivity contribution >= 4 is 24.0 Å². The number of hydrogen-bond donors (Lipinski definition) is 2. The van der Waals surface area contributed by atoms with Crippen LogP contribution in [0.3, 0.4) is 0 Å². The van der Waals surface area contributed by atoms with Crippen molar-refractivity contribution in [2.45, 2.75) is 31.7 Å². The number of carbonyl (C=O) groups is 3. The fourth-order valence-corrected chi connectivity index (χ4v) is 2.74. The molecule has 0 bridgehead atoms. The molecule has 1 aromatic rings. The van der Waals surface area contributed by atoms with E-state index in [1.165, 1.54) is 20.3 Å². The molecule has 1 saturated carbocycles. The first kappa shape index (κ1) is 20.3. The first-order chi connectivity index (χ1) is 13.0. The lowest BCUT2D eigenvalue weighted by Gasteiger charge is -2.13. The first-order valence-electron chi connectivity index (χ1n) is 8.69. The predicted octanol–water partition coefficient (Wildman–Crippen LogP) is 2.03. The molecule has 3 amide bonds. The molecule has 8 heteroatoms. The van der Waals surface area contributed by atoms with E-state index in [-0.39, 0.29) is 12.6 Å². The molecule has 1 aliphatic rings. The summed E-state index contributed by atoms with van der Waals surface area (Å²) in [5, 5.41) is 5.02. The van der Waals surface area contributed by atoms with E-state index in [0.717, 1.165) is 25.7 Å². The molecule has 1 aliphatic carbocycles. The van der Waals surface area contributed by atoms with Gasteiger partial charge in [-0.2, -0.15) is 0 Å². The number of methoxy groups -OCH3 is 2. The molecule has 2 N–H and O–H groups in total. The van der Waals surface area contributed by atoms with Crippen molar-refractivity contribution in [3.05, 3.63) is 29.8 Å². The van der Waals surface area contributed by atoms with Crippen LogP contribution in [-0.4, -0.2) is 44.8 Å². The van der Waals surface area contributed by atoms with E-state index in [9.17, 15) is 14.4 Å². The molecule has 0 spiro atoms. The number of urea groups is 1. The van der Waals surface area contributed by atoms with Gasteiger partial charge in [-0.15, -0.1) is 0 Å². The second-order valence-electron chi connectivity index (χ2n) is 6.06. The van der Waals surface area contributed by atoms with Gasteiger partial charge in [0, 0.05) is 12.1 Å². The van der Waals surface area contributed by atoms with Crippen LogP contribution < -0.4 is 20.1 Å². The van der Waals surface area contributed by atoms with Crippen LogP contribution in [0.25, 0.3) is 6.08 Å². The summed E-state index contributed by atoms with van der Waals surface area (Å²) < 4.78 is 15.2. The minimum Gasteiger partial charge on any atom is -0.493 e. The summed E-state index contributed by atoms with van der Waals surface area (Å²) in [5.41, 5.74) is 0.699. The van der Waals surface area contributed by atoms with Gasteiger partial charge in [-0.05, 0) is 36.6 Å². The normalized spacial score (nSPS) is 14.0. The molecule has 2 rings (SSSR count). The molecule has 0 heterocycles. The molecule has 8 nitrogen and oxygen atoms in total. The Hall–Kier alpha value is -3.03. The van der Waals surface area contributed by atoms with Crippen LogP contribution >= 0.6 is 0 Å². The first-order valence-corrected chi connectivity index (χ1v) is 8.69. The van der Waals surface area contributed by atoms with Crippen LogP contribution in [0.15, 0.2) is 24.3 Å².